The van der Waals surface area contributed by atoms with E-state index in [0.717, 1.165) is 38.6 Å². The highest BCUT2D eigenvalue weighted by atomic mass is 16.6. The van der Waals surface area contributed by atoms with E-state index in [1.165, 1.54) is 5.57 Å². The lowest BCUT2D eigenvalue weighted by atomic mass is 9.68. The molecule has 4 heterocycles. The molecule has 0 aromatic heterocycles. The molecule has 184 valence electrons. The number of hydrogen-bond donors (Lipinski definition) is 1. The lowest BCUT2D eigenvalue weighted by molar-refractivity contribution is -0.123. The van der Waals surface area contributed by atoms with Gasteiger partial charge in [-0.25, -0.2) is 4.79 Å². The van der Waals surface area contributed by atoms with Gasteiger partial charge in [-0.15, -0.1) is 0 Å². The predicted molar refractivity (Wildman–Crippen MR) is 121 cm³/mol. The predicted octanol–water partition coefficient (Wildman–Crippen LogP) is 2.80. The van der Waals surface area contributed by atoms with Gasteiger partial charge in [-0.2, -0.15) is 0 Å². The van der Waals surface area contributed by atoms with Crippen LogP contribution in [0.5, 0.6) is 0 Å². The van der Waals surface area contributed by atoms with Crippen LogP contribution in [0.1, 0.15) is 59.3 Å². The zero-order valence-electron chi connectivity index (χ0n) is 20.4. The van der Waals surface area contributed by atoms with Crippen molar-refractivity contribution in [1.82, 2.24) is 10.2 Å². The van der Waals surface area contributed by atoms with E-state index in [4.69, 9.17) is 18.9 Å². The van der Waals surface area contributed by atoms with Gasteiger partial charge in [0, 0.05) is 33.2 Å². The third kappa shape index (κ3) is 4.19. The molecule has 0 radical (unpaired) electrons. The number of nitrogens with zero attached hydrogens (tertiary/aromatic N) is 1. The molecule has 4 saturated heterocycles. The number of amides is 2. The van der Waals surface area contributed by atoms with Crippen LogP contribution in [0.4, 0.5) is 4.79 Å². The highest BCUT2D eigenvalue weighted by Crippen LogP contribution is 2.59. The maximum atomic E-state index is 13.1. The molecule has 8 heteroatoms. The van der Waals surface area contributed by atoms with Gasteiger partial charge >= 0.3 is 6.09 Å². The van der Waals surface area contributed by atoms with Crippen molar-refractivity contribution in [3.05, 3.63) is 11.6 Å². The van der Waals surface area contributed by atoms with Gasteiger partial charge in [0.1, 0.15) is 23.4 Å². The Morgan fingerprint density at radius 2 is 2.00 bits per heavy atom. The SMILES string of the molecule is CO[C@H]1C([C@@]2(C)O[C@@H]2CC=C(C)C)[C@]2(CC[C@H]1OC(=O)N1CCC3(CC1)CNC(=O)C3)CO2. The third-order valence-electron chi connectivity index (χ3n) is 8.77. The Hall–Kier alpha value is -1.64. The monoisotopic (exact) mass is 462 g/mol. The maximum Gasteiger partial charge on any atom is 0.410 e. The van der Waals surface area contributed by atoms with E-state index in [2.05, 4.69) is 32.2 Å². The van der Waals surface area contributed by atoms with Gasteiger partial charge in [-0.1, -0.05) is 11.6 Å². The summed E-state index contributed by atoms with van der Waals surface area (Å²) in [6.45, 7) is 9.04. The molecule has 0 aromatic carbocycles. The Bertz CT molecular complexity index is 827. The first-order valence-corrected chi connectivity index (χ1v) is 12.4. The van der Waals surface area contributed by atoms with Crippen molar-refractivity contribution >= 4 is 12.0 Å². The first-order chi connectivity index (χ1) is 15.7. The van der Waals surface area contributed by atoms with E-state index in [1.54, 1.807) is 12.0 Å². The standard InChI is InChI=1S/C25H38N2O6/c1-16(2)5-6-18-23(3,33-18)21-20(30-4)17(7-8-25(21)15-31-25)32-22(29)27-11-9-24(10-12-27)13-19(28)26-14-24/h5,17-18,20-21H,6-15H2,1-4H3,(H,26,28)/t17-,18-,20-,21?,23+,25+/m1/s1. The van der Waals surface area contributed by atoms with Gasteiger partial charge in [0.25, 0.3) is 0 Å². The molecular weight excluding hydrogens is 424 g/mol. The van der Waals surface area contributed by atoms with Crippen LogP contribution in [0, 0.1) is 11.3 Å². The van der Waals surface area contributed by atoms with E-state index < -0.39 is 0 Å². The third-order valence-corrected chi connectivity index (χ3v) is 8.77. The molecule has 1 aliphatic carbocycles. The van der Waals surface area contributed by atoms with E-state index in [9.17, 15) is 9.59 Å². The molecule has 4 aliphatic heterocycles. The molecule has 0 bridgehead atoms. The number of nitrogens with one attached hydrogen (secondary N) is 1. The second-order valence-corrected chi connectivity index (χ2v) is 11.2. The fourth-order valence-corrected chi connectivity index (χ4v) is 6.54. The summed E-state index contributed by atoms with van der Waals surface area (Å²) in [5.41, 5.74) is 0.725. The van der Waals surface area contributed by atoms with Gasteiger partial charge in [-0.05, 0) is 58.3 Å². The van der Waals surface area contributed by atoms with Crippen molar-refractivity contribution in [2.45, 2.75) is 88.8 Å². The topological polar surface area (TPSA) is 92.9 Å². The van der Waals surface area contributed by atoms with E-state index in [1.807, 2.05) is 0 Å². The lowest BCUT2D eigenvalue weighted by Gasteiger charge is -2.44. The number of hydrogen-bond acceptors (Lipinski definition) is 6. The zero-order valence-corrected chi connectivity index (χ0v) is 20.4. The van der Waals surface area contributed by atoms with Crippen molar-refractivity contribution in [3.8, 4) is 0 Å². The van der Waals surface area contributed by atoms with Crippen LogP contribution >= 0.6 is 0 Å². The Morgan fingerprint density at radius 3 is 2.58 bits per heavy atom. The van der Waals surface area contributed by atoms with Crippen LogP contribution in [0.25, 0.3) is 0 Å². The quantitative estimate of drug-likeness (QED) is 0.499. The molecule has 6 atom stereocenters. The van der Waals surface area contributed by atoms with Gasteiger partial charge in [0.15, 0.2) is 0 Å². The number of epoxide rings is 2. The number of carbonyl (C=O) groups is 2. The van der Waals surface area contributed by atoms with Crippen molar-refractivity contribution in [3.63, 3.8) is 0 Å². The van der Waals surface area contributed by atoms with Crippen LogP contribution in [0.2, 0.25) is 0 Å². The number of piperidine rings is 1. The number of allylic oxidation sites excluding steroid dienone is 1. The Morgan fingerprint density at radius 1 is 1.27 bits per heavy atom. The average molecular weight is 463 g/mol. The normalized spacial score (nSPS) is 41.1. The van der Waals surface area contributed by atoms with E-state index in [0.29, 0.717) is 26.1 Å². The summed E-state index contributed by atoms with van der Waals surface area (Å²) in [4.78, 5) is 26.6. The maximum absolute atomic E-state index is 13.1. The second kappa shape index (κ2) is 8.24. The summed E-state index contributed by atoms with van der Waals surface area (Å²) in [6, 6.07) is 0. The van der Waals surface area contributed by atoms with E-state index >= 15 is 0 Å². The van der Waals surface area contributed by atoms with Gasteiger partial charge in [0.05, 0.1) is 18.6 Å². The lowest BCUT2D eigenvalue weighted by Crippen LogP contribution is -2.56. The smallest absolute Gasteiger partial charge is 0.410 e. The van der Waals surface area contributed by atoms with Crippen molar-refractivity contribution in [2.24, 2.45) is 11.3 Å². The second-order valence-electron chi connectivity index (χ2n) is 11.2. The van der Waals surface area contributed by atoms with Crippen LogP contribution in [0.3, 0.4) is 0 Å². The fourth-order valence-electron chi connectivity index (χ4n) is 6.54. The molecule has 1 unspecified atom stereocenters. The number of likely N-dealkylation sites (tertiary alicyclic amines) is 1. The molecule has 8 nitrogen and oxygen atoms in total. The fraction of sp³-hybridized carbons (Fsp3) is 0.840. The largest absolute Gasteiger partial charge is 0.443 e. The summed E-state index contributed by atoms with van der Waals surface area (Å²) in [6.07, 6.45) is 6.17. The molecular formula is C25H38N2O6. The van der Waals surface area contributed by atoms with Gasteiger partial charge in [0.2, 0.25) is 5.91 Å². The minimum absolute atomic E-state index is 0.00671. The molecule has 1 N–H and O–H groups in total. The van der Waals surface area contributed by atoms with Crippen molar-refractivity contribution < 1.29 is 28.5 Å². The highest BCUT2D eigenvalue weighted by molar-refractivity contribution is 5.79. The first-order valence-electron chi connectivity index (χ1n) is 12.4. The van der Waals surface area contributed by atoms with Gasteiger partial charge in [-0.3, -0.25) is 4.79 Å². The molecule has 33 heavy (non-hydrogen) atoms. The average Bonchev–Trinajstić information content (AvgIpc) is 3.66. The minimum Gasteiger partial charge on any atom is -0.443 e. The number of methoxy groups -OCH3 is 1. The first kappa shape index (κ1) is 23.1. The van der Waals surface area contributed by atoms with Crippen molar-refractivity contribution in [1.29, 1.82) is 0 Å². The highest BCUT2D eigenvalue weighted by Gasteiger charge is 2.72. The van der Waals surface area contributed by atoms with Crippen molar-refractivity contribution in [2.75, 3.05) is 33.4 Å². The molecule has 5 fully saturated rings. The summed E-state index contributed by atoms with van der Waals surface area (Å²) in [5.74, 6) is 0.148. The number of ether oxygens (including phenoxy) is 4. The summed E-state index contributed by atoms with van der Waals surface area (Å²) in [5, 5.41) is 2.94. The van der Waals surface area contributed by atoms with Gasteiger partial charge < -0.3 is 29.2 Å². The van der Waals surface area contributed by atoms with Crippen LogP contribution < -0.4 is 5.32 Å². The van der Waals surface area contributed by atoms with E-state index in [-0.39, 0.29) is 52.8 Å². The van der Waals surface area contributed by atoms with Crippen LogP contribution in [0.15, 0.2) is 11.6 Å². The zero-order chi connectivity index (χ0) is 23.4. The van der Waals surface area contributed by atoms with Crippen LogP contribution in [-0.4, -0.2) is 79.8 Å². The summed E-state index contributed by atoms with van der Waals surface area (Å²) < 4.78 is 24.3. The molecule has 2 amide bonds. The number of carbonyl (C=O) groups excluding carboxylic acids is 2. The molecule has 5 rings (SSSR count). The summed E-state index contributed by atoms with van der Waals surface area (Å²) in [7, 11) is 1.70. The summed E-state index contributed by atoms with van der Waals surface area (Å²) >= 11 is 0. The molecule has 0 aromatic rings. The Kier molecular flexibility index (Phi) is 5.77. The Labute approximate surface area is 196 Å². The molecule has 5 aliphatic rings. The Balaban J connectivity index is 1.23. The van der Waals surface area contributed by atoms with Crippen LogP contribution in [-0.2, 0) is 23.7 Å². The molecule has 2 spiro atoms. The minimum atomic E-state index is -0.340. The number of rotatable bonds is 5. The molecule has 1 saturated carbocycles.